The van der Waals surface area contributed by atoms with Gasteiger partial charge in [0, 0.05) is 18.0 Å². The molecule has 0 aromatic carbocycles. The summed E-state index contributed by atoms with van der Waals surface area (Å²) < 4.78 is 0. The van der Waals surface area contributed by atoms with E-state index in [1.54, 1.807) is 0 Å². The van der Waals surface area contributed by atoms with Crippen LogP contribution in [0.5, 0.6) is 0 Å². The monoisotopic (exact) mass is 254 g/mol. The fourth-order valence-electron chi connectivity index (χ4n) is 2.05. The number of aryl methyl sites for hydroxylation is 1. The van der Waals surface area contributed by atoms with E-state index in [2.05, 4.69) is 16.8 Å². The number of aromatic nitrogens is 1. The quantitative estimate of drug-likeness (QED) is 0.899. The van der Waals surface area contributed by atoms with E-state index < -0.39 is 5.97 Å². The second-order valence-electron chi connectivity index (χ2n) is 4.75. The highest BCUT2D eigenvalue weighted by Gasteiger charge is 2.20. The van der Waals surface area contributed by atoms with Gasteiger partial charge in [0.1, 0.15) is 0 Å². The van der Waals surface area contributed by atoms with Crippen LogP contribution in [0, 0.1) is 12.8 Å². The second kappa shape index (κ2) is 5.04. The zero-order valence-corrected chi connectivity index (χ0v) is 11.1. The van der Waals surface area contributed by atoms with Gasteiger partial charge in [-0.3, -0.25) is 4.79 Å². The zero-order valence-electron chi connectivity index (χ0n) is 10.3. The van der Waals surface area contributed by atoms with Crippen LogP contribution >= 0.6 is 11.3 Å². The normalized spacial score (nSPS) is 17.4. The Balaban J connectivity index is 2.09. The van der Waals surface area contributed by atoms with E-state index >= 15 is 0 Å². The molecule has 17 heavy (non-hydrogen) atoms. The maximum atomic E-state index is 10.7. The minimum Gasteiger partial charge on any atom is -0.481 e. The van der Waals surface area contributed by atoms with E-state index in [4.69, 9.17) is 5.11 Å². The molecule has 0 spiro atoms. The molecule has 4 nitrogen and oxygen atoms in total. The first-order valence-electron chi connectivity index (χ1n) is 5.99. The molecule has 0 aliphatic carbocycles. The molecular formula is C12H18N2O2S. The molecule has 1 fully saturated rings. The Morgan fingerprint density at radius 2 is 2.18 bits per heavy atom. The van der Waals surface area contributed by atoms with Gasteiger partial charge in [0.25, 0.3) is 0 Å². The lowest BCUT2D eigenvalue weighted by Gasteiger charge is -2.29. The number of anilines is 1. The SMILES string of the molecule is Cc1nc(N2CCC(C)CC2)sc1CC(=O)O. The molecule has 1 N–H and O–H groups in total. The molecule has 5 heteroatoms. The van der Waals surface area contributed by atoms with Crippen molar-refractivity contribution in [2.75, 3.05) is 18.0 Å². The largest absolute Gasteiger partial charge is 0.481 e. The third-order valence-electron chi connectivity index (χ3n) is 3.25. The standard InChI is InChI=1S/C12H18N2O2S/c1-8-3-5-14(6-4-8)12-13-9(2)10(17-12)7-11(15)16/h8H,3-7H2,1-2H3,(H,15,16). The fourth-order valence-corrected chi connectivity index (χ4v) is 3.15. The third kappa shape index (κ3) is 2.97. The van der Waals surface area contributed by atoms with Crippen LogP contribution in [-0.4, -0.2) is 29.1 Å². The van der Waals surface area contributed by atoms with Crippen LogP contribution in [0.2, 0.25) is 0 Å². The molecule has 1 aromatic rings. The lowest BCUT2D eigenvalue weighted by Crippen LogP contribution is -2.32. The summed E-state index contributed by atoms with van der Waals surface area (Å²) in [6, 6.07) is 0. The minimum absolute atomic E-state index is 0.0910. The molecule has 0 bridgehead atoms. The summed E-state index contributed by atoms with van der Waals surface area (Å²) >= 11 is 1.53. The summed E-state index contributed by atoms with van der Waals surface area (Å²) in [5.41, 5.74) is 0.867. The molecule has 0 saturated carbocycles. The average molecular weight is 254 g/mol. The predicted molar refractivity (Wildman–Crippen MR) is 68.8 cm³/mol. The molecule has 0 atom stereocenters. The number of thiazole rings is 1. The van der Waals surface area contributed by atoms with Crippen molar-refractivity contribution in [3.8, 4) is 0 Å². The number of hydrogen-bond acceptors (Lipinski definition) is 4. The zero-order chi connectivity index (χ0) is 12.4. The van der Waals surface area contributed by atoms with Crippen molar-refractivity contribution in [3.05, 3.63) is 10.6 Å². The number of carboxylic acids is 1. The fraction of sp³-hybridized carbons (Fsp3) is 0.667. The molecule has 0 amide bonds. The van der Waals surface area contributed by atoms with Gasteiger partial charge in [-0.25, -0.2) is 4.98 Å². The maximum Gasteiger partial charge on any atom is 0.308 e. The van der Waals surface area contributed by atoms with Crippen molar-refractivity contribution < 1.29 is 9.90 Å². The first-order valence-corrected chi connectivity index (χ1v) is 6.81. The van der Waals surface area contributed by atoms with Crippen molar-refractivity contribution >= 4 is 22.4 Å². The van der Waals surface area contributed by atoms with E-state index in [1.165, 1.54) is 24.2 Å². The van der Waals surface area contributed by atoms with Crippen LogP contribution in [0.15, 0.2) is 0 Å². The summed E-state index contributed by atoms with van der Waals surface area (Å²) in [5, 5.41) is 9.80. The van der Waals surface area contributed by atoms with E-state index in [0.29, 0.717) is 0 Å². The third-order valence-corrected chi connectivity index (χ3v) is 4.47. The van der Waals surface area contributed by atoms with Crippen molar-refractivity contribution in [1.82, 2.24) is 4.98 Å². The first-order chi connectivity index (χ1) is 8.06. The highest BCUT2D eigenvalue weighted by atomic mass is 32.1. The number of piperidine rings is 1. The van der Waals surface area contributed by atoms with Gasteiger partial charge in [-0.15, -0.1) is 11.3 Å². The Bertz CT molecular complexity index is 409. The van der Waals surface area contributed by atoms with Crippen LogP contribution < -0.4 is 4.90 Å². The molecule has 2 rings (SSSR count). The molecule has 0 unspecified atom stereocenters. The first kappa shape index (κ1) is 12.4. The topological polar surface area (TPSA) is 53.4 Å². The highest BCUT2D eigenvalue weighted by Crippen LogP contribution is 2.29. The smallest absolute Gasteiger partial charge is 0.308 e. The summed E-state index contributed by atoms with van der Waals surface area (Å²) in [7, 11) is 0. The predicted octanol–water partition coefficient (Wildman–Crippen LogP) is 2.31. The number of hydrogen-bond donors (Lipinski definition) is 1. The Kier molecular flexibility index (Phi) is 3.66. The van der Waals surface area contributed by atoms with Gasteiger partial charge >= 0.3 is 5.97 Å². The Morgan fingerprint density at radius 3 is 2.76 bits per heavy atom. The number of nitrogens with zero attached hydrogens (tertiary/aromatic N) is 2. The van der Waals surface area contributed by atoms with Crippen LogP contribution in [0.4, 0.5) is 5.13 Å². The molecular weight excluding hydrogens is 236 g/mol. The van der Waals surface area contributed by atoms with Gasteiger partial charge in [0.15, 0.2) is 5.13 Å². The van der Waals surface area contributed by atoms with Crippen LogP contribution in [0.25, 0.3) is 0 Å². The molecule has 1 saturated heterocycles. The van der Waals surface area contributed by atoms with Gasteiger partial charge in [0.05, 0.1) is 12.1 Å². The van der Waals surface area contributed by atoms with Crippen molar-refractivity contribution in [2.24, 2.45) is 5.92 Å². The van der Waals surface area contributed by atoms with Crippen molar-refractivity contribution in [2.45, 2.75) is 33.1 Å². The summed E-state index contributed by atoms with van der Waals surface area (Å²) in [6.45, 7) is 6.26. The van der Waals surface area contributed by atoms with Crippen LogP contribution in [0.3, 0.4) is 0 Å². The molecule has 1 aliphatic rings. The second-order valence-corrected chi connectivity index (χ2v) is 5.81. The lowest BCUT2D eigenvalue weighted by molar-refractivity contribution is -0.136. The number of carboxylic acid groups (broad SMARTS) is 1. The van der Waals surface area contributed by atoms with Crippen LogP contribution in [-0.2, 0) is 11.2 Å². The maximum absolute atomic E-state index is 10.7. The summed E-state index contributed by atoms with van der Waals surface area (Å²) in [6.07, 6.45) is 2.49. The average Bonchev–Trinajstić information content (AvgIpc) is 2.60. The Morgan fingerprint density at radius 1 is 1.53 bits per heavy atom. The molecule has 0 radical (unpaired) electrons. The number of carbonyl (C=O) groups is 1. The van der Waals surface area contributed by atoms with E-state index in [0.717, 1.165) is 34.7 Å². The molecule has 1 aliphatic heterocycles. The van der Waals surface area contributed by atoms with Gasteiger partial charge in [-0.05, 0) is 25.7 Å². The van der Waals surface area contributed by atoms with Gasteiger partial charge in [-0.2, -0.15) is 0 Å². The number of aliphatic carboxylic acids is 1. The van der Waals surface area contributed by atoms with Crippen LogP contribution in [0.1, 0.15) is 30.3 Å². The molecule has 1 aromatic heterocycles. The minimum atomic E-state index is -0.782. The summed E-state index contributed by atoms with van der Waals surface area (Å²) in [5.74, 6) is 0.0152. The number of rotatable bonds is 3. The summed E-state index contributed by atoms with van der Waals surface area (Å²) in [4.78, 5) is 18.4. The van der Waals surface area contributed by atoms with Crippen molar-refractivity contribution in [3.63, 3.8) is 0 Å². The van der Waals surface area contributed by atoms with Gasteiger partial charge < -0.3 is 10.0 Å². The molecule has 94 valence electrons. The van der Waals surface area contributed by atoms with E-state index in [9.17, 15) is 4.79 Å². The highest BCUT2D eigenvalue weighted by molar-refractivity contribution is 7.15. The van der Waals surface area contributed by atoms with E-state index in [1.807, 2.05) is 6.92 Å². The molecule has 2 heterocycles. The van der Waals surface area contributed by atoms with E-state index in [-0.39, 0.29) is 6.42 Å². The Hall–Kier alpha value is -1.10. The Labute approximate surface area is 105 Å². The van der Waals surface area contributed by atoms with Gasteiger partial charge in [-0.1, -0.05) is 6.92 Å². The van der Waals surface area contributed by atoms with Gasteiger partial charge in [0.2, 0.25) is 0 Å². The lowest BCUT2D eigenvalue weighted by atomic mass is 10.00. The van der Waals surface area contributed by atoms with Crippen molar-refractivity contribution in [1.29, 1.82) is 0 Å².